The number of nitrogens with zero attached hydrogens (tertiary/aromatic N) is 4. The van der Waals surface area contributed by atoms with Crippen molar-refractivity contribution in [1.82, 2.24) is 24.0 Å². The summed E-state index contributed by atoms with van der Waals surface area (Å²) in [5, 5.41) is 2.85. The fourth-order valence-electron chi connectivity index (χ4n) is 3.73. The molecule has 1 N–H and O–H groups in total. The van der Waals surface area contributed by atoms with E-state index in [1.54, 1.807) is 46.8 Å². The molecule has 0 saturated carbocycles. The van der Waals surface area contributed by atoms with E-state index in [1.165, 1.54) is 10.6 Å². The van der Waals surface area contributed by atoms with Gasteiger partial charge in [-0.2, -0.15) is 0 Å². The summed E-state index contributed by atoms with van der Waals surface area (Å²) < 4.78 is 19.3. The molecule has 2 aromatic heterocycles. The number of rotatable bonds is 6. The Labute approximate surface area is 172 Å². The van der Waals surface area contributed by atoms with Crippen LogP contribution in [0.15, 0.2) is 65.7 Å². The Morgan fingerprint density at radius 2 is 1.77 bits per heavy atom. The lowest BCUT2D eigenvalue weighted by Gasteiger charge is -2.20. The van der Waals surface area contributed by atoms with E-state index >= 15 is 0 Å². The van der Waals surface area contributed by atoms with Gasteiger partial charge in [-0.05, 0) is 25.1 Å². The maximum atomic E-state index is 14.5. The van der Waals surface area contributed by atoms with Crippen LogP contribution in [0.25, 0.3) is 11.0 Å². The van der Waals surface area contributed by atoms with Crippen LogP contribution in [0.3, 0.4) is 0 Å². The summed E-state index contributed by atoms with van der Waals surface area (Å²) in [6, 6.07) is 12.8. The van der Waals surface area contributed by atoms with Crippen molar-refractivity contribution in [2.75, 3.05) is 0 Å². The second-order valence-corrected chi connectivity index (χ2v) is 7.02. The quantitative estimate of drug-likeness (QED) is 0.534. The van der Waals surface area contributed by atoms with Gasteiger partial charge in [0, 0.05) is 31.5 Å². The first kappa shape index (κ1) is 19.6. The van der Waals surface area contributed by atoms with Crippen molar-refractivity contribution in [3.8, 4) is 0 Å². The van der Waals surface area contributed by atoms with E-state index in [0.29, 0.717) is 23.4 Å². The molecule has 0 aliphatic carbocycles. The number of imidazole rings is 2. The van der Waals surface area contributed by atoms with E-state index in [0.717, 1.165) is 5.52 Å². The topological polar surface area (TPSA) is 73.8 Å². The van der Waals surface area contributed by atoms with Gasteiger partial charge in [-0.3, -0.25) is 13.9 Å². The zero-order valence-electron chi connectivity index (χ0n) is 16.7. The van der Waals surface area contributed by atoms with Gasteiger partial charge in [0.05, 0.1) is 11.0 Å². The van der Waals surface area contributed by atoms with Crippen LogP contribution in [0.4, 0.5) is 4.39 Å². The van der Waals surface area contributed by atoms with E-state index in [1.807, 2.05) is 31.2 Å². The smallest absolute Gasteiger partial charge is 0.329 e. The third-order valence-electron chi connectivity index (χ3n) is 5.18. The van der Waals surface area contributed by atoms with Crippen molar-refractivity contribution in [2.45, 2.75) is 26.1 Å². The molecular formula is C22H22FN5O2. The van der Waals surface area contributed by atoms with Crippen molar-refractivity contribution >= 4 is 16.9 Å². The number of aryl methyl sites for hydroxylation is 2. The Morgan fingerprint density at radius 3 is 2.40 bits per heavy atom. The summed E-state index contributed by atoms with van der Waals surface area (Å²) >= 11 is 0. The molecule has 8 heteroatoms. The number of nitrogens with one attached hydrogen (secondary N) is 1. The molecule has 1 unspecified atom stereocenters. The van der Waals surface area contributed by atoms with E-state index < -0.39 is 17.8 Å². The van der Waals surface area contributed by atoms with Crippen LogP contribution in [0.5, 0.6) is 0 Å². The summed E-state index contributed by atoms with van der Waals surface area (Å²) in [7, 11) is 1.78. The summed E-state index contributed by atoms with van der Waals surface area (Å²) in [4.78, 5) is 30.1. The number of carbonyl (C=O) groups excluding carboxylic acids is 1. The minimum atomic E-state index is -0.783. The van der Waals surface area contributed by atoms with E-state index in [2.05, 4.69) is 10.3 Å². The summed E-state index contributed by atoms with van der Waals surface area (Å²) in [5.74, 6) is -0.352. The lowest BCUT2D eigenvalue weighted by molar-refractivity contribution is -0.122. The zero-order chi connectivity index (χ0) is 21.3. The maximum Gasteiger partial charge on any atom is 0.329 e. The van der Waals surface area contributed by atoms with E-state index in [4.69, 9.17) is 0 Å². The number of aromatic nitrogens is 4. The van der Waals surface area contributed by atoms with E-state index in [9.17, 15) is 14.0 Å². The molecular weight excluding hydrogens is 385 g/mol. The molecule has 7 nitrogen and oxygen atoms in total. The highest BCUT2D eigenvalue weighted by atomic mass is 19.1. The lowest BCUT2D eigenvalue weighted by Crippen LogP contribution is -2.36. The molecule has 2 heterocycles. The second kappa shape index (κ2) is 7.98. The average Bonchev–Trinajstić information content (AvgIpc) is 3.28. The number of carbonyl (C=O) groups is 1. The SMILES string of the molecule is CCn1c(=O)n(CC(=O)NC(c2ccccc2F)c2nccn2C)c2ccccc21. The van der Waals surface area contributed by atoms with Crippen molar-refractivity contribution in [3.05, 3.63) is 88.6 Å². The molecule has 0 fully saturated rings. The maximum absolute atomic E-state index is 14.5. The fraction of sp³-hybridized carbons (Fsp3) is 0.227. The molecule has 30 heavy (non-hydrogen) atoms. The highest BCUT2D eigenvalue weighted by Gasteiger charge is 2.24. The second-order valence-electron chi connectivity index (χ2n) is 7.02. The van der Waals surface area contributed by atoms with Crippen molar-refractivity contribution in [1.29, 1.82) is 0 Å². The molecule has 154 valence electrons. The third kappa shape index (κ3) is 3.41. The number of hydrogen-bond acceptors (Lipinski definition) is 3. The van der Waals surface area contributed by atoms with Crippen LogP contribution < -0.4 is 11.0 Å². The first-order chi connectivity index (χ1) is 14.5. The Morgan fingerprint density at radius 1 is 1.10 bits per heavy atom. The zero-order valence-corrected chi connectivity index (χ0v) is 16.7. The summed E-state index contributed by atoms with van der Waals surface area (Å²) in [6.07, 6.45) is 3.32. The largest absolute Gasteiger partial charge is 0.340 e. The van der Waals surface area contributed by atoms with Crippen LogP contribution in [0.2, 0.25) is 0 Å². The summed E-state index contributed by atoms with van der Waals surface area (Å²) in [6.45, 7) is 2.20. The van der Waals surface area contributed by atoms with Gasteiger partial charge in [-0.1, -0.05) is 30.3 Å². The molecule has 1 amide bonds. The molecule has 0 spiro atoms. The van der Waals surface area contributed by atoms with Crippen molar-refractivity contribution in [3.63, 3.8) is 0 Å². The Bertz CT molecular complexity index is 1270. The lowest BCUT2D eigenvalue weighted by atomic mass is 10.1. The summed E-state index contributed by atoms with van der Waals surface area (Å²) in [5.41, 5.74) is 1.50. The Hall–Kier alpha value is -3.68. The number of benzene rings is 2. The van der Waals surface area contributed by atoms with Gasteiger partial charge in [0.2, 0.25) is 5.91 Å². The molecule has 2 aromatic carbocycles. The molecule has 0 saturated heterocycles. The van der Waals surface area contributed by atoms with Gasteiger partial charge in [-0.25, -0.2) is 14.2 Å². The van der Waals surface area contributed by atoms with Crippen LogP contribution in [-0.4, -0.2) is 24.6 Å². The number of hydrogen-bond donors (Lipinski definition) is 1. The predicted molar refractivity (Wildman–Crippen MR) is 111 cm³/mol. The minimum absolute atomic E-state index is 0.179. The highest BCUT2D eigenvalue weighted by Crippen LogP contribution is 2.23. The molecule has 0 aliphatic rings. The van der Waals surface area contributed by atoms with Gasteiger partial charge < -0.3 is 9.88 Å². The third-order valence-corrected chi connectivity index (χ3v) is 5.18. The predicted octanol–water partition coefficient (Wildman–Crippen LogP) is 2.60. The van der Waals surface area contributed by atoms with E-state index in [-0.39, 0.29) is 12.2 Å². The molecule has 4 aromatic rings. The molecule has 1 atom stereocenters. The van der Waals surface area contributed by atoms with Crippen molar-refractivity contribution < 1.29 is 9.18 Å². The number of amides is 1. The van der Waals surface area contributed by atoms with Crippen LogP contribution in [0.1, 0.15) is 24.4 Å². The van der Waals surface area contributed by atoms with Gasteiger partial charge >= 0.3 is 5.69 Å². The van der Waals surface area contributed by atoms with Gasteiger partial charge in [0.25, 0.3) is 0 Å². The molecule has 0 bridgehead atoms. The van der Waals surface area contributed by atoms with Gasteiger partial charge in [-0.15, -0.1) is 0 Å². The van der Waals surface area contributed by atoms with Gasteiger partial charge in [0.15, 0.2) is 0 Å². The molecule has 0 radical (unpaired) electrons. The normalized spacial score (nSPS) is 12.2. The highest BCUT2D eigenvalue weighted by molar-refractivity contribution is 5.81. The molecule has 0 aliphatic heterocycles. The van der Waals surface area contributed by atoms with Crippen LogP contribution >= 0.6 is 0 Å². The first-order valence-corrected chi connectivity index (χ1v) is 9.70. The number of halogens is 1. The standard InChI is InChI=1S/C22H22FN5O2/c1-3-27-17-10-6-7-11-18(17)28(22(27)30)14-19(29)25-20(21-24-12-13-26(21)2)15-8-4-5-9-16(15)23/h4-13,20H,3,14H2,1-2H3,(H,25,29). The molecule has 4 rings (SSSR count). The van der Waals surface area contributed by atoms with Crippen LogP contribution in [0, 0.1) is 5.82 Å². The van der Waals surface area contributed by atoms with Crippen LogP contribution in [-0.2, 0) is 24.9 Å². The monoisotopic (exact) mass is 407 g/mol. The van der Waals surface area contributed by atoms with Gasteiger partial charge in [0.1, 0.15) is 24.2 Å². The average molecular weight is 407 g/mol. The van der Waals surface area contributed by atoms with Crippen molar-refractivity contribution in [2.24, 2.45) is 7.05 Å². The Balaban J connectivity index is 1.69. The minimum Gasteiger partial charge on any atom is -0.340 e. The number of para-hydroxylation sites is 2. The first-order valence-electron chi connectivity index (χ1n) is 9.70. The fourth-order valence-corrected chi connectivity index (χ4v) is 3.73. The number of fused-ring (bicyclic) bond motifs is 1. The Kier molecular flexibility index (Phi) is 5.22.